The zero-order chi connectivity index (χ0) is 24.7. The van der Waals surface area contributed by atoms with Crippen molar-refractivity contribution in [2.24, 2.45) is 0 Å². The number of rotatable bonds is 6. The third-order valence-electron chi connectivity index (χ3n) is 5.84. The minimum Gasteiger partial charge on any atom is -0.277 e. The molecule has 4 heteroatoms. The van der Waals surface area contributed by atoms with Gasteiger partial charge in [0.1, 0.15) is 0 Å². The number of nitrogens with zero attached hydrogens (tertiary/aromatic N) is 2. The minimum absolute atomic E-state index is 0.143. The molecule has 0 aliphatic heterocycles. The molecule has 0 unspecified atom stereocenters. The second-order valence-electron chi connectivity index (χ2n) is 8.20. The maximum absolute atomic E-state index is 13.7. The standard InChI is InChI=1S/C32H24N2O2/c35-31(25-13-5-1-6-14-25)34(29-19-11-4-12-20-29)30-23-21-26(22-24-30)32(36)33(27-15-7-2-8-16-27)28-17-9-3-10-18-28/h1-24H. The molecule has 2 amide bonds. The van der Waals surface area contributed by atoms with Crippen LogP contribution < -0.4 is 9.80 Å². The highest BCUT2D eigenvalue weighted by atomic mass is 16.2. The van der Waals surface area contributed by atoms with E-state index in [-0.39, 0.29) is 11.8 Å². The van der Waals surface area contributed by atoms with Crippen molar-refractivity contribution in [2.45, 2.75) is 0 Å². The highest BCUT2D eigenvalue weighted by Gasteiger charge is 2.22. The first kappa shape index (κ1) is 22.8. The first-order valence-electron chi connectivity index (χ1n) is 11.7. The lowest BCUT2D eigenvalue weighted by Crippen LogP contribution is -2.27. The normalized spacial score (nSPS) is 10.4. The summed E-state index contributed by atoms with van der Waals surface area (Å²) >= 11 is 0. The predicted molar refractivity (Wildman–Crippen MR) is 145 cm³/mol. The van der Waals surface area contributed by atoms with Crippen LogP contribution in [0.3, 0.4) is 0 Å². The van der Waals surface area contributed by atoms with Gasteiger partial charge >= 0.3 is 0 Å². The molecule has 0 bridgehead atoms. The van der Waals surface area contributed by atoms with E-state index in [1.165, 1.54) is 0 Å². The highest BCUT2D eigenvalue weighted by Crippen LogP contribution is 2.30. The van der Waals surface area contributed by atoms with Crippen molar-refractivity contribution in [2.75, 3.05) is 9.80 Å². The Morgan fingerprint density at radius 3 is 0.972 bits per heavy atom. The van der Waals surface area contributed by atoms with Gasteiger partial charge < -0.3 is 0 Å². The molecule has 36 heavy (non-hydrogen) atoms. The molecule has 0 atom stereocenters. The molecule has 5 aromatic carbocycles. The Morgan fingerprint density at radius 1 is 0.333 bits per heavy atom. The smallest absolute Gasteiger partial charge is 0.262 e. The Morgan fingerprint density at radius 2 is 0.611 bits per heavy atom. The molecule has 4 nitrogen and oxygen atoms in total. The first-order chi connectivity index (χ1) is 17.7. The summed E-state index contributed by atoms with van der Waals surface area (Å²) in [6.45, 7) is 0. The number of anilines is 4. The van der Waals surface area contributed by atoms with Crippen LogP contribution in [-0.2, 0) is 0 Å². The lowest BCUT2D eigenvalue weighted by molar-refractivity contribution is 0.0992. The quantitative estimate of drug-likeness (QED) is 0.257. The molecular weight excluding hydrogens is 444 g/mol. The highest BCUT2D eigenvalue weighted by molar-refractivity contribution is 6.13. The van der Waals surface area contributed by atoms with Crippen LogP contribution in [0.2, 0.25) is 0 Å². The topological polar surface area (TPSA) is 40.6 Å². The summed E-state index contributed by atoms with van der Waals surface area (Å²) < 4.78 is 0. The Kier molecular flexibility index (Phi) is 6.68. The second-order valence-corrected chi connectivity index (χ2v) is 8.20. The van der Waals surface area contributed by atoms with Gasteiger partial charge in [-0.05, 0) is 72.8 Å². The van der Waals surface area contributed by atoms with Crippen molar-refractivity contribution < 1.29 is 9.59 Å². The van der Waals surface area contributed by atoms with Gasteiger partial charge in [0.15, 0.2) is 0 Å². The molecule has 0 radical (unpaired) electrons. The largest absolute Gasteiger partial charge is 0.277 e. The van der Waals surface area contributed by atoms with Crippen LogP contribution in [0.5, 0.6) is 0 Å². The molecule has 0 heterocycles. The van der Waals surface area contributed by atoms with E-state index in [1.54, 1.807) is 34.1 Å². The van der Waals surface area contributed by atoms with Gasteiger partial charge in [0.05, 0.1) is 0 Å². The molecule has 5 aromatic rings. The Hall–Kier alpha value is -4.96. The van der Waals surface area contributed by atoms with Crippen molar-refractivity contribution in [1.82, 2.24) is 0 Å². The first-order valence-corrected chi connectivity index (χ1v) is 11.7. The van der Waals surface area contributed by atoms with Crippen molar-refractivity contribution in [3.05, 3.63) is 157 Å². The van der Waals surface area contributed by atoms with E-state index in [1.807, 2.05) is 121 Å². The van der Waals surface area contributed by atoms with E-state index < -0.39 is 0 Å². The predicted octanol–water partition coefficient (Wildman–Crippen LogP) is 7.64. The minimum atomic E-state index is -0.153. The molecule has 0 spiro atoms. The van der Waals surface area contributed by atoms with E-state index in [2.05, 4.69) is 0 Å². The van der Waals surface area contributed by atoms with Crippen LogP contribution in [0.1, 0.15) is 20.7 Å². The molecular formula is C32H24N2O2. The average Bonchev–Trinajstić information content (AvgIpc) is 2.96. The number of hydrogen-bond donors (Lipinski definition) is 0. The monoisotopic (exact) mass is 468 g/mol. The zero-order valence-corrected chi connectivity index (χ0v) is 19.6. The lowest BCUT2D eigenvalue weighted by atomic mass is 10.1. The second kappa shape index (κ2) is 10.5. The summed E-state index contributed by atoms with van der Waals surface area (Å²) in [4.78, 5) is 30.5. The van der Waals surface area contributed by atoms with Crippen molar-refractivity contribution >= 4 is 34.6 Å². The van der Waals surface area contributed by atoms with Gasteiger partial charge in [-0.1, -0.05) is 72.8 Å². The third-order valence-corrected chi connectivity index (χ3v) is 5.84. The number of hydrogen-bond acceptors (Lipinski definition) is 2. The van der Waals surface area contributed by atoms with Crippen LogP contribution in [0.4, 0.5) is 22.7 Å². The Balaban J connectivity index is 1.51. The number of carbonyl (C=O) groups excluding carboxylic acids is 2. The van der Waals surface area contributed by atoms with Gasteiger partial charge in [0.2, 0.25) is 0 Å². The molecule has 0 aromatic heterocycles. The van der Waals surface area contributed by atoms with E-state index in [9.17, 15) is 9.59 Å². The van der Waals surface area contributed by atoms with Gasteiger partial charge in [-0.15, -0.1) is 0 Å². The fraction of sp³-hybridized carbons (Fsp3) is 0. The van der Waals surface area contributed by atoms with Gasteiger partial charge in [-0.25, -0.2) is 0 Å². The number of carbonyl (C=O) groups is 2. The van der Waals surface area contributed by atoms with Crippen LogP contribution in [0, 0.1) is 0 Å². The fourth-order valence-electron chi connectivity index (χ4n) is 4.09. The van der Waals surface area contributed by atoms with E-state index in [0.29, 0.717) is 16.8 Å². The summed E-state index contributed by atoms with van der Waals surface area (Å²) in [5.41, 5.74) is 4.09. The summed E-state index contributed by atoms with van der Waals surface area (Å²) in [7, 11) is 0. The summed E-state index contributed by atoms with van der Waals surface area (Å²) in [5, 5.41) is 0. The molecule has 5 rings (SSSR count). The van der Waals surface area contributed by atoms with E-state index in [0.717, 1.165) is 17.1 Å². The van der Waals surface area contributed by atoms with E-state index in [4.69, 9.17) is 0 Å². The maximum Gasteiger partial charge on any atom is 0.262 e. The molecule has 0 saturated heterocycles. The number of benzene rings is 5. The molecule has 0 fully saturated rings. The third kappa shape index (κ3) is 4.79. The van der Waals surface area contributed by atoms with Crippen molar-refractivity contribution in [1.29, 1.82) is 0 Å². The zero-order valence-electron chi connectivity index (χ0n) is 19.6. The van der Waals surface area contributed by atoms with Crippen LogP contribution in [0.15, 0.2) is 146 Å². The van der Waals surface area contributed by atoms with Gasteiger partial charge in [-0.2, -0.15) is 0 Å². The van der Waals surface area contributed by atoms with Gasteiger partial charge in [0, 0.05) is 33.9 Å². The SMILES string of the molecule is O=C(c1ccc(N(C(=O)c2ccccc2)c2ccccc2)cc1)N(c1ccccc1)c1ccccc1. The number of amides is 2. The van der Waals surface area contributed by atoms with Crippen LogP contribution in [-0.4, -0.2) is 11.8 Å². The molecule has 174 valence electrons. The summed E-state index contributed by atoms with van der Waals surface area (Å²) in [5.74, 6) is -0.296. The molecule has 0 aliphatic carbocycles. The average molecular weight is 469 g/mol. The molecule has 0 saturated carbocycles. The van der Waals surface area contributed by atoms with Crippen molar-refractivity contribution in [3.63, 3.8) is 0 Å². The summed E-state index contributed by atoms with van der Waals surface area (Å²) in [6, 6.07) is 45.0. The van der Waals surface area contributed by atoms with Crippen LogP contribution in [0.25, 0.3) is 0 Å². The molecule has 0 aliphatic rings. The maximum atomic E-state index is 13.7. The summed E-state index contributed by atoms with van der Waals surface area (Å²) in [6.07, 6.45) is 0. The Labute approximate surface area is 210 Å². The number of para-hydroxylation sites is 3. The van der Waals surface area contributed by atoms with Crippen LogP contribution >= 0.6 is 0 Å². The van der Waals surface area contributed by atoms with Crippen molar-refractivity contribution in [3.8, 4) is 0 Å². The Bertz CT molecular complexity index is 1400. The van der Waals surface area contributed by atoms with Gasteiger partial charge in [0.25, 0.3) is 11.8 Å². The fourth-order valence-corrected chi connectivity index (χ4v) is 4.09. The van der Waals surface area contributed by atoms with Gasteiger partial charge in [-0.3, -0.25) is 19.4 Å². The molecule has 0 N–H and O–H groups in total. The van der Waals surface area contributed by atoms with E-state index >= 15 is 0 Å². The lowest BCUT2D eigenvalue weighted by Gasteiger charge is -2.25.